The Morgan fingerprint density at radius 1 is 1.13 bits per heavy atom. The maximum atomic E-state index is 13.5. The van der Waals surface area contributed by atoms with Crippen molar-refractivity contribution in [3.05, 3.63) is 60.2 Å². The van der Waals surface area contributed by atoms with Crippen LogP contribution in [-0.4, -0.2) is 67.1 Å². The summed E-state index contributed by atoms with van der Waals surface area (Å²) in [6, 6.07) is 7.73. The van der Waals surface area contributed by atoms with Crippen LogP contribution in [0.4, 0.5) is 0 Å². The molecule has 38 heavy (non-hydrogen) atoms. The van der Waals surface area contributed by atoms with Crippen LogP contribution in [0.5, 0.6) is 0 Å². The van der Waals surface area contributed by atoms with E-state index in [4.69, 9.17) is 0 Å². The minimum absolute atomic E-state index is 0.0861. The number of rotatable bonds is 11. The summed E-state index contributed by atoms with van der Waals surface area (Å²) in [5.41, 5.74) is 1.83. The Hall–Kier alpha value is -3.11. The van der Waals surface area contributed by atoms with Crippen molar-refractivity contribution in [3.63, 3.8) is 0 Å². The monoisotopic (exact) mass is 539 g/mol. The Kier molecular flexibility index (Phi) is 8.94. The lowest BCUT2D eigenvalue weighted by molar-refractivity contribution is -0.135. The summed E-state index contributed by atoms with van der Waals surface area (Å²) >= 11 is 0. The van der Waals surface area contributed by atoms with Crippen LogP contribution >= 0.6 is 0 Å². The van der Waals surface area contributed by atoms with Crippen LogP contribution < -0.4 is 10.0 Å². The third-order valence-corrected chi connectivity index (χ3v) is 8.39. The van der Waals surface area contributed by atoms with Gasteiger partial charge >= 0.3 is 0 Å². The Balaban J connectivity index is 1.49. The van der Waals surface area contributed by atoms with Crippen LogP contribution in [0.2, 0.25) is 0 Å². The zero-order valence-corrected chi connectivity index (χ0v) is 23.0. The topological polar surface area (TPSA) is 120 Å². The van der Waals surface area contributed by atoms with Crippen LogP contribution in [0.25, 0.3) is 0 Å². The Bertz CT molecular complexity index is 1250. The zero-order chi connectivity index (χ0) is 27.3. The summed E-state index contributed by atoms with van der Waals surface area (Å²) < 4.78 is 28.3. The van der Waals surface area contributed by atoms with Gasteiger partial charge in [-0.1, -0.05) is 62.4 Å². The van der Waals surface area contributed by atoms with Crippen molar-refractivity contribution in [2.45, 2.75) is 70.6 Å². The van der Waals surface area contributed by atoms with Gasteiger partial charge in [0.2, 0.25) is 21.8 Å². The van der Waals surface area contributed by atoms with Gasteiger partial charge < -0.3 is 10.2 Å². The number of amides is 2. The highest BCUT2D eigenvalue weighted by Crippen LogP contribution is 2.32. The van der Waals surface area contributed by atoms with Crippen LogP contribution in [-0.2, 0) is 19.6 Å². The number of nitrogens with one attached hydrogen (secondary N) is 2. The van der Waals surface area contributed by atoms with E-state index in [0.717, 1.165) is 24.1 Å². The van der Waals surface area contributed by atoms with Crippen molar-refractivity contribution in [2.24, 2.45) is 15.9 Å². The molecule has 0 aromatic heterocycles. The average molecular weight is 540 g/mol. The quantitative estimate of drug-likeness (QED) is 0.449. The molecule has 1 aromatic rings. The van der Waals surface area contributed by atoms with E-state index in [1.54, 1.807) is 11.8 Å². The third kappa shape index (κ3) is 7.05. The summed E-state index contributed by atoms with van der Waals surface area (Å²) in [7, 11) is -3.79. The van der Waals surface area contributed by atoms with Gasteiger partial charge in [-0.15, -0.1) is 0 Å². The number of carbonyl (C=O) groups excluding carboxylic acids is 2. The number of hydrogen-bond donors (Lipinski definition) is 2. The molecule has 0 radical (unpaired) electrons. The van der Waals surface area contributed by atoms with E-state index in [1.165, 1.54) is 0 Å². The first-order chi connectivity index (χ1) is 18.1. The summed E-state index contributed by atoms with van der Waals surface area (Å²) in [6.45, 7) is 6.20. The van der Waals surface area contributed by atoms with Gasteiger partial charge in [-0.3, -0.25) is 14.6 Å². The normalized spacial score (nSPS) is 22.2. The van der Waals surface area contributed by atoms with Crippen molar-refractivity contribution < 1.29 is 18.0 Å². The maximum Gasteiger partial charge on any atom is 0.239 e. The first-order valence-corrected chi connectivity index (χ1v) is 14.9. The molecular formula is C28H37N5O4S. The molecule has 2 aliphatic heterocycles. The molecule has 0 saturated carbocycles. The standard InChI is InChI=1S/C28H37N5O4S/c1-19(2)15-17-38(36,37)32-24(18-26(34)33-16-9-14-25(33)21-10-5-4-6-11-21)28(35)29-20(3)27-30-22-12-7-8-13-23(22)31-27/h4-8,10-13,19-20,22,24-25,32H,9,14-18H2,1-3H3,(H,29,35)/t20-,22?,24+,25-/m1/s1. The third-order valence-electron chi connectivity index (χ3n) is 6.97. The molecule has 0 bridgehead atoms. The molecule has 1 aliphatic carbocycles. The number of hydrogen-bond acceptors (Lipinski definition) is 6. The molecule has 10 heteroatoms. The van der Waals surface area contributed by atoms with E-state index < -0.39 is 28.0 Å². The minimum Gasteiger partial charge on any atom is -0.345 e. The molecule has 3 aliphatic rings. The van der Waals surface area contributed by atoms with Crippen molar-refractivity contribution in [1.82, 2.24) is 14.9 Å². The van der Waals surface area contributed by atoms with Crippen LogP contribution in [0.1, 0.15) is 58.1 Å². The Labute approximate surface area is 225 Å². The summed E-state index contributed by atoms with van der Waals surface area (Å²) in [4.78, 5) is 37.7. The number of sulfonamides is 1. The number of amidine groups is 1. The Morgan fingerprint density at radius 3 is 2.61 bits per heavy atom. The van der Waals surface area contributed by atoms with Gasteiger partial charge in [0.1, 0.15) is 17.9 Å². The van der Waals surface area contributed by atoms with E-state index in [2.05, 4.69) is 20.0 Å². The predicted octanol–water partition coefficient (Wildman–Crippen LogP) is 2.93. The number of aliphatic imine (C=N–C) groups is 2. The second-order valence-corrected chi connectivity index (χ2v) is 12.3. The summed E-state index contributed by atoms with van der Waals surface area (Å²) in [5.74, 6) is -0.294. The molecule has 204 valence electrons. The van der Waals surface area contributed by atoms with Crippen LogP contribution in [0, 0.1) is 5.92 Å². The predicted molar refractivity (Wildman–Crippen MR) is 149 cm³/mol. The number of fused-ring (bicyclic) bond motifs is 1. The van der Waals surface area contributed by atoms with Gasteiger partial charge in [-0.05, 0) is 43.7 Å². The number of benzene rings is 1. The molecule has 4 atom stereocenters. The molecule has 4 rings (SSSR count). The van der Waals surface area contributed by atoms with Crippen LogP contribution in [0.3, 0.4) is 0 Å². The van der Waals surface area contributed by atoms with E-state index >= 15 is 0 Å². The number of likely N-dealkylation sites (tertiary alicyclic amines) is 1. The van der Waals surface area contributed by atoms with Crippen molar-refractivity contribution in [1.29, 1.82) is 0 Å². The van der Waals surface area contributed by atoms with E-state index in [9.17, 15) is 18.0 Å². The first kappa shape index (κ1) is 27.9. The highest BCUT2D eigenvalue weighted by molar-refractivity contribution is 7.89. The Morgan fingerprint density at radius 2 is 1.89 bits per heavy atom. The molecule has 2 N–H and O–H groups in total. The molecule has 2 amide bonds. The van der Waals surface area contributed by atoms with Gasteiger partial charge in [-0.2, -0.15) is 0 Å². The lowest BCUT2D eigenvalue weighted by Gasteiger charge is -2.27. The number of allylic oxidation sites excluding steroid dienone is 2. The second-order valence-electron chi connectivity index (χ2n) is 10.5. The zero-order valence-electron chi connectivity index (χ0n) is 22.2. The molecule has 1 saturated heterocycles. The smallest absolute Gasteiger partial charge is 0.239 e. The van der Waals surface area contributed by atoms with Gasteiger partial charge in [0, 0.05) is 6.54 Å². The van der Waals surface area contributed by atoms with Gasteiger partial charge in [0.25, 0.3) is 0 Å². The van der Waals surface area contributed by atoms with Crippen LogP contribution in [0.15, 0.2) is 64.6 Å². The van der Waals surface area contributed by atoms with Gasteiger partial charge in [-0.25, -0.2) is 18.1 Å². The summed E-state index contributed by atoms with van der Waals surface area (Å²) in [5, 5.41) is 2.84. The van der Waals surface area contributed by atoms with E-state index in [-0.39, 0.29) is 36.1 Å². The highest BCUT2D eigenvalue weighted by atomic mass is 32.2. The van der Waals surface area contributed by atoms with E-state index in [0.29, 0.717) is 18.8 Å². The maximum absolute atomic E-state index is 13.5. The average Bonchev–Trinajstić information content (AvgIpc) is 3.55. The first-order valence-electron chi connectivity index (χ1n) is 13.3. The number of carbonyl (C=O) groups is 2. The van der Waals surface area contributed by atoms with E-state index in [1.807, 2.05) is 68.5 Å². The number of nitrogens with zero attached hydrogens (tertiary/aromatic N) is 3. The molecule has 1 aromatic carbocycles. The molecule has 0 spiro atoms. The molecule has 1 unspecified atom stereocenters. The molecule has 2 heterocycles. The van der Waals surface area contributed by atoms with Crippen molar-refractivity contribution in [3.8, 4) is 0 Å². The molecule has 9 nitrogen and oxygen atoms in total. The summed E-state index contributed by atoms with van der Waals surface area (Å²) in [6.07, 6.45) is 9.44. The molecular weight excluding hydrogens is 502 g/mol. The van der Waals surface area contributed by atoms with Gasteiger partial charge in [0.15, 0.2) is 0 Å². The fourth-order valence-electron chi connectivity index (χ4n) is 4.86. The fourth-order valence-corrected chi connectivity index (χ4v) is 6.38. The highest BCUT2D eigenvalue weighted by Gasteiger charge is 2.35. The SMILES string of the molecule is CC(C)CCS(=O)(=O)N[C@@H](CC(=O)N1CCC[C@@H]1c1ccccc1)C(=O)N[C@H](C)C1=NC2C=CC=CC2=N1. The molecule has 1 fully saturated rings. The largest absolute Gasteiger partial charge is 0.345 e. The lowest BCUT2D eigenvalue weighted by Crippen LogP contribution is -2.52. The second kappa shape index (κ2) is 12.2. The minimum atomic E-state index is -3.79. The fraction of sp³-hybridized carbons (Fsp3) is 0.500. The lowest BCUT2D eigenvalue weighted by atomic mass is 10.0. The van der Waals surface area contributed by atoms with Crippen molar-refractivity contribution in [2.75, 3.05) is 12.3 Å². The van der Waals surface area contributed by atoms with Gasteiger partial charge in [0.05, 0.1) is 30.0 Å². The van der Waals surface area contributed by atoms with Crippen molar-refractivity contribution >= 4 is 33.4 Å².